The summed E-state index contributed by atoms with van der Waals surface area (Å²) in [4.78, 5) is 34.0. The highest BCUT2D eigenvalue weighted by atomic mass is 32.2. The van der Waals surface area contributed by atoms with Gasteiger partial charge >= 0.3 is 0 Å². The second-order valence-electron chi connectivity index (χ2n) is 9.93. The Labute approximate surface area is 222 Å². The predicted octanol–water partition coefficient (Wildman–Crippen LogP) is 4.81. The van der Waals surface area contributed by atoms with Gasteiger partial charge in [0.25, 0.3) is 5.91 Å². The summed E-state index contributed by atoms with van der Waals surface area (Å²) in [5.74, 6) is -0.150. The van der Waals surface area contributed by atoms with E-state index in [0.29, 0.717) is 4.91 Å². The maximum Gasteiger partial charge on any atom is 0.286 e. The van der Waals surface area contributed by atoms with E-state index in [1.807, 2.05) is 18.2 Å². The lowest BCUT2D eigenvalue weighted by molar-refractivity contribution is -0.113. The summed E-state index contributed by atoms with van der Waals surface area (Å²) in [5.41, 5.74) is 6.40. The first-order valence-electron chi connectivity index (χ1n) is 13.2. The van der Waals surface area contributed by atoms with E-state index in [2.05, 4.69) is 67.8 Å². The fraction of sp³-hybridized carbons (Fsp3) is 0.379. The Kier molecular flexibility index (Phi) is 6.69. The Morgan fingerprint density at radius 3 is 2.51 bits per heavy atom. The van der Waals surface area contributed by atoms with Crippen LogP contribution in [0.5, 0.6) is 0 Å². The smallest absolute Gasteiger partial charge is 0.286 e. The number of fused-ring (bicyclic) bond motifs is 1. The van der Waals surface area contributed by atoms with Gasteiger partial charge in [-0.25, -0.2) is 9.97 Å². The fourth-order valence-electron chi connectivity index (χ4n) is 5.45. The van der Waals surface area contributed by atoms with Crippen LogP contribution in [-0.2, 0) is 4.79 Å². The average Bonchev–Trinajstić information content (AvgIpc) is 3.59. The van der Waals surface area contributed by atoms with Crippen LogP contribution in [0.2, 0.25) is 0 Å². The van der Waals surface area contributed by atoms with E-state index >= 15 is 0 Å². The Morgan fingerprint density at radius 1 is 0.946 bits per heavy atom. The van der Waals surface area contributed by atoms with Crippen molar-refractivity contribution in [3.63, 3.8) is 0 Å². The van der Waals surface area contributed by atoms with Crippen molar-refractivity contribution in [1.29, 1.82) is 0 Å². The van der Waals surface area contributed by atoms with Gasteiger partial charge in [-0.2, -0.15) is 4.99 Å². The summed E-state index contributed by atoms with van der Waals surface area (Å²) in [5, 5.41) is 1.82. The van der Waals surface area contributed by atoms with Gasteiger partial charge in [-0.3, -0.25) is 4.79 Å². The number of likely N-dealkylation sites (tertiary alicyclic amines) is 1. The molecule has 0 bridgehead atoms. The van der Waals surface area contributed by atoms with Crippen LogP contribution in [0.3, 0.4) is 0 Å². The normalized spacial score (nSPS) is 19.9. The Bertz CT molecular complexity index is 1400. The highest BCUT2D eigenvalue weighted by molar-refractivity contribution is 8.18. The van der Waals surface area contributed by atoms with E-state index < -0.39 is 0 Å². The molecule has 0 saturated carbocycles. The summed E-state index contributed by atoms with van der Waals surface area (Å²) in [7, 11) is 0. The molecule has 8 heteroatoms. The first-order valence-corrected chi connectivity index (χ1v) is 14.0. The van der Waals surface area contributed by atoms with Crippen molar-refractivity contribution in [2.24, 2.45) is 4.99 Å². The molecule has 0 atom stereocenters. The topological polar surface area (TPSA) is 64.9 Å². The van der Waals surface area contributed by atoms with E-state index in [1.54, 1.807) is 6.33 Å². The maximum atomic E-state index is 12.6. The number of aliphatic imine (C=N–C) groups is 1. The molecule has 2 fully saturated rings. The van der Waals surface area contributed by atoms with Crippen molar-refractivity contribution < 1.29 is 4.79 Å². The Balaban J connectivity index is 1.28. The van der Waals surface area contributed by atoms with E-state index in [0.717, 1.165) is 91.5 Å². The standard InChI is InChI=1S/C29H32N6OS/c1-3-33-12-14-34(15-13-33)25-9-7-22(16-20(25)2)27-23-17-21(6-8-24(23)30-19-31-27)18-26-28(36)32-29(37-26)35-10-4-5-11-35/h6-9,16-19H,3-5,10-15H2,1-2H3/b26-18-. The van der Waals surface area contributed by atoms with Crippen LogP contribution in [0.4, 0.5) is 5.69 Å². The summed E-state index contributed by atoms with van der Waals surface area (Å²) >= 11 is 1.48. The third kappa shape index (κ3) is 4.88. The molecule has 190 valence electrons. The van der Waals surface area contributed by atoms with Gasteiger partial charge < -0.3 is 14.7 Å². The van der Waals surface area contributed by atoms with Crippen molar-refractivity contribution in [1.82, 2.24) is 19.8 Å². The van der Waals surface area contributed by atoms with Crippen molar-refractivity contribution in [2.75, 3.05) is 50.7 Å². The lowest BCUT2D eigenvalue weighted by Gasteiger charge is -2.36. The van der Waals surface area contributed by atoms with E-state index in [9.17, 15) is 4.79 Å². The number of likely N-dealkylation sites (N-methyl/N-ethyl adjacent to an activating group) is 1. The number of amides is 1. The van der Waals surface area contributed by atoms with Crippen LogP contribution < -0.4 is 4.90 Å². The fourth-order valence-corrected chi connectivity index (χ4v) is 6.41. The number of thioether (sulfide) groups is 1. The lowest BCUT2D eigenvalue weighted by Crippen LogP contribution is -2.46. The van der Waals surface area contributed by atoms with Crippen molar-refractivity contribution in [2.45, 2.75) is 26.7 Å². The number of benzene rings is 2. The predicted molar refractivity (Wildman–Crippen MR) is 153 cm³/mol. The molecule has 4 heterocycles. The molecule has 3 aliphatic rings. The van der Waals surface area contributed by atoms with Crippen LogP contribution in [0.25, 0.3) is 28.2 Å². The molecular weight excluding hydrogens is 480 g/mol. The molecular formula is C29H32N6OS. The number of amidine groups is 1. The van der Waals surface area contributed by atoms with Crippen molar-refractivity contribution in [3.8, 4) is 11.3 Å². The molecule has 2 aromatic carbocycles. The van der Waals surface area contributed by atoms with E-state index in [-0.39, 0.29) is 5.91 Å². The van der Waals surface area contributed by atoms with Crippen LogP contribution in [-0.4, -0.2) is 76.7 Å². The van der Waals surface area contributed by atoms with E-state index in [1.165, 1.54) is 23.0 Å². The first-order chi connectivity index (χ1) is 18.1. The summed E-state index contributed by atoms with van der Waals surface area (Å²) in [6, 6.07) is 12.8. The lowest BCUT2D eigenvalue weighted by atomic mass is 10.0. The van der Waals surface area contributed by atoms with E-state index in [4.69, 9.17) is 0 Å². The number of aryl methyl sites for hydroxylation is 1. The van der Waals surface area contributed by atoms with Crippen LogP contribution in [0, 0.1) is 6.92 Å². The number of nitrogens with zero attached hydrogens (tertiary/aromatic N) is 6. The van der Waals surface area contributed by atoms with Gasteiger partial charge in [0.1, 0.15) is 6.33 Å². The molecule has 7 nitrogen and oxygen atoms in total. The molecule has 0 N–H and O–H groups in total. The molecule has 3 aliphatic heterocycles. The van der Waals surface area contributed by atoms with Gasteiger partial charge in [-0.05, 0) is 79.5 Å². The minimum Gasteiger partial charge on any atom is -0.369 e. The van der Waals surface area contributed by atoms with Gasteiger partial charge in [-0.1, -0.05) is 19.1 Å². The van der Waals surface area contributed by atoms with Crippen LogP contribution >= 0.6 is 11.8 Å². The number of carbonyl (C=O) groups excluding carboxylic acids is 1. The summed E-state index contributed by atoms with van der Waals surface area (Å²) < 4.78 is 0. The molecule has 3 aromatic rings. The monoisotopic (exact) mass is 512 g/mol. The quantitative estimate of drug-likeness (QED) is 0.465. The number of anilines is 1. The van der Waals surface area contributed by atoms with Gasteiger partial charge in [0.2, 0.25) is 0 Å². The number of piperazine rings is 1. The molecule has 37 heavy (non-hydrogen) atoms. The van der Waals surface area contributed by atoms with Gasteiger partial charge in [0.05, 0.1) is 16.1 Å². The Hall–Kier alpha value is -3.23. The summed E-state index contributed by atoms with van der Waals surface area (Å²) in [6.45, 7) is 11.8. The molecule has 0 unspecified atom stereocenters. The van der Waals surface area contributed by atoms with Gasteiger partial charge in [0.15, 0.2) is 5.17 Å². The first kappa shape index (κ1) is 24.1. The molecule has 1 amide bonds. The molecule has 0 radical (unpaired) electrons. The zero-order valence-electron chi connectivity index (χ0n) is 21.5. The minimum absolute atomic E-state index is 0.150. The molecule has 1 aromatic heterocycles. The highest BCUT2D eigenvalue weighted by Gasteiger charge is 2.27. The molecule has 0 aliphatic carbocycles. The second kappa shape index (κ2) is 10.3. The second-order valence-corrected chi connectivity index (χ2v) is 10.9. The number of hydrogen-bond donors (Lipinski definition) is 0. The number of aromatic nitrogens is 2. The SMILES string of the molecule is CCN1CCN(c2ccc(-c3ncnc4ccc(/C=C5\SC(N6CCCC6)=NC5=O)cc34)cc2C)CC1. The maximum absolute atomic E-state index is 12.6. The number of rotatable bonds is 4. The van der Waals surface area contributed by atoms with Crippen molar-refractivity contribution in [3.05, 3.63) is 58.8 Å². The minimum atomic E-state index is -0.150. The van der Waals surface area contributed by atoms with Crippen LogP contribution in [0.1, 0.15) is 30.9 Å². The highest BCUT2D eigenvalue weighted by Crippen LogP contribution is 2.34. The van der Waals surface area contributed by atoms with Gasteiger partial charge in [0, 0.05) is 55.9 Å². The van der Waals surface area contributed by atoms with Gasteiger partial charge in [-0.15, -0.1) is 0 Å². The zero-order valence-corrected chi connectivity index (χ0v) is 22.3. The molecule has 6 rings (SSSR count). The Morgan fingerprint density at radius 2 is 1.76 bits per heavy atom. The third-order valence-corrected chi connectivity index (χ3v) is 8.62. The third-order valence-electron chi connectivity index (χ3n) is 7.57. The largest absolute Gasteiger partial charge is 0.369 e. The van der Waals surface area contributed by atoms with Crippen LogP contribution in [0.15, 0.2) is 52.6 Å². The molecule has 2 saturated heterocycles. The van der Waals surface area contributed by atoms with Crippen molar-refractivity contribution >= 4 is 45.5 Å². The number of carbonyl (C=O) groups is 1. The average molecular weight is 513 g/mol. The summed E-state index contributed by atoms with van der Waals surface area (Å²) in [6.07, 6.45) is 5.90. The zero-order chi connectivity index (χ0) is 25.4. The number of hydrogen-bond acceptors (Lipinski definition) is 7. The molecule has 0 spiro atoms.